The summed E-state index contributed by atoms with van der Waals surface area (Å²) in [5.41, 5.74) is 0.792. The van der Waals surface area contributed by atoms with Crippen LogP contribution >= 0.6 is 11.6 Å². The molecule has 0 saturated carbocycles. The Morgan fingerprint density at radius 1 is 1.44 bits per heavy atom. The Kier molecular flexibility index (Phi) is 3.95. The Morgan fingerprint density at radius 2 is 2.17 bits per heavy atom. The van der Waals surface area contributed by atoms with Crippen molar-refractivity contribution in [1.29, 1.82) is 0 Å². The Labute approximate surface area is 109 Å². The Morgan fingerprint density at radius 3 is 2.83 bits per heavy atom. The average Bonchev–Trinajstić information content (AvgIpc) is 2.82. The smallest absolute Gasteiger partial charge is 0.255 e. The maximum absolute atomic E-state index is 6.04. The highest BCUT2D eigenvalue weighted by atomic mass is 35.5. The molecule has 0 radical (unpaired) electrons. The van der Waals surface area contributed by atoms with Gasteiger partial charge in [0.25, 0.3) is 5.78 Å². The van der Waals surface area contributed by atoms with E-state index in [1.54, 1.807) is 18.7 Å². The van der Waals surface area contributed by atoms with E-state index in [0.29, 0.717) is 17.5 Å². The second-order valence-electron chi connectivity index (χ2n) is 3.63. The summed E-state index contributed by atoms with van der Waals surface area (Å²) < 4.78 is 11.8. The first-order valence-corrected chi connectivity index (χ1v) is 5.70. The van der Waals surface area contributed by atoms with Gasteiger partial charge in [-0.2, -0.15) is 19.6 Å². The van der Waals surface area contributed by atoms with Crippen molar-refractivity contribution in [2.45, 2.75) is 13.2 Å². The van der Waals surface area contributed by atoms with Gasteiger partial charge >= 0.3 is 0 Å². The van der Waals surface area contributed by atoms with E-state index in [9.17, 15) is 0 Å². The third kappa shape index (κ3) is 2.38. The van der Waals surface area contributed by atoms with Gasteiger partial charge in [-0.05, 0) is 6.92 Å². The van der Waals surface area contributed by atoms with Crippen molar-refractivity contribution in [2.75, 3.05) is 26.1 Å². The quantitative estimate of drug-likeness (QED) is 0.649. The van der Waals surface area contributed by atoms with Gasteiger partial charge in [-0.15, -0.1) is 0 Å². The third-order valence-electron chi connectivity index (χ3n) is 2.57. The average molecular weight is 272 g/mol. The molecule has 2 aromatic rings. The van der Waals surface area contributed by atoms with Crippen LogP contribution in [0.3, 0.4) is 0 Å². The minimum absolute atomic E-state index is 0.352. The van der Waals surface area contributed by atoms with Crippen molar-refractivity contribution < 1.29 is 9.47 Å². The topological polar surface area (TPSA) is 73.6 Å². The van der Waals surface area contributed by atoms with Crippen molar-refractivity contribution in [2.24, 2.45) is 0 Å². The van der Waals surface area contributed by atoms with E-state index in [2.05, 4.69) is 20.4 Å². The highest BCUT2D eigenvalue weighted by Crippen LogP contribution is 2.21. The first-order valence-electron chi connectivity index (χ1n) is 5.32. The number of hydrogen-bond acceptors (Lipinski definition) is 6. The zero-order valence-corrected chi connectivity index (χ0v) is 11.1. The molecule has 0 atom stereocenters. The van der Waals surface area contributed by atoms with Crippen LogP contribution in [0.15, 0.2) is 6.33 Å². The monoisotopic (exact) mass is 271 g/mol. The van der Waals surface area contributed by atoms with Crippen LogP contribution < -0.4 is 5.32 Å². The molecule has 8 heteroatoms. The summed E-state index contributed by atoms with van der Waals surface area (Å²) in [7, 11) is 3.15. The number of rotatable bonds is 5. The van der Waals surface area contributed by atoms with Crippen molar-refractivity contribution in [3.8, 4) is 0 Å². The summed E-state index contributed by atoms with van der Waals surface area (Å²) in [6, 6.07) is 0. The molecule has 2 aromatic heterocycles. The lowest BCUT2D eigenvalue weighted by atomic mass is 10.3. The Bertz CT molecular complexity index is 540. The number of aromatic nitrogens is 4. The van der Waals surface area contributed by atoms with E-state index >= 15 is 0 Å². The van der Waals surface area contributed by atoms with Gasteiger partial charge < -0.3 is 14.8 Å². The fraction of sp³-hybridized carbons (Fsp3) is 0.500. The van der Waals surface area contributed by atoms with Gasteiger partial charge in [-0.3, -0.25) is 0 Å². The maximum atomic E-state index is 6.04. The van der Waals surface area contributed by atoms with Gasteiger partial charge in [-0.1, -0.05) is 11.6 Å². The molecule has 2 rings (SSSR count). The SMILES string of the molecule is COC(CNc1c(C)c(Cl)nc2ncnn12)OC. The first-order chi connectivity index (χ1) is 8.67. The minimum Gasteiger partial charge on any atom is -0.364 e. The largest absolute Gasteiger partial charge is 0.364 e. The molecule has 0 fully saturated rings. The molecule has 0 bridgehead atoms. The normalized spacial score (nSPS) is 11.4. The van der Waals surface area contributed by atoms with Crippen LogP contribution in [0.2, 0.25) is 5.15 Å². The minimum atomic E-state index is -0.352. The molecule has 0 aromatic carbocycles. The molecule has 7 nitrogen and oxygen atoms in total. The number of hydrogen-bond donors (Lipinski definition) is 1. The Hall–Kier alpha value is -1.44. The van der Waals surface area contributed by atoms with Crippen LogP contribution in [-0.2, 0) is 9.47 Å². The predicted molar refractivity (Wildman–Crippen MR) is 66.8 cm³/mol. The summed E-state index contributed by atoms with van der Waals surface area (Å²) in [4.78, 5) is 8.12. The Balaban J connectivity index is 2.31. The van der Waals surface area contributed by atoms with E-state index in [1.807, 2.05) is 6.92 Å². The highest BCUT2D eigenvalue weighted by Gasteiger charge is 2.13. The van der Waals surface area contributed by atoms with E-state index in [1.165, 1.54) is 6.33 Å². The fourth-order valence-electron chi connectivity index (χ4n) is 1.55. The number of fused-ring (bicyclic) bond motifs is 1. The number of nitrogens with zero attached hydrogens (tertiary/aromatic N) is 4. The van der Waals surface area contributed by atoms with Gasteiger partial charge in [0.1, 0.15) is 17.3 Å². The number of ether oxygens (including phenoxy) is 2. The lowest BCUT2D eigenvalue weighted by Crippen LogP contribution is -2.25. The van der Waals surface area contributed by atoms with Crippen molar-refractivity contribution in [3.05, 3.63) is 17.0 Å². The summed E-state index contributed by atoms with van der Waals surface area (Å²) in [5, 5.41) is 7.65. The standard InChI is InChI=1S/C10H14ClN5O2/c1-6-8(11)15-10-13-5-14-16(10)9(6)12-4-7(17-2)18-3/h5,7,12H,4H2,1-3H3. The number of nitrogens with one attached hydrogen (secondary N) is 1. The van der Waals surface area contributed by atoms with Crippen LogP contribution in [0.4, 0.5) is 5.82 Å². The van der Waals surface area contributed by atoms with E-state index < -0.39 is 0 Å². The van der Waals surface area contributed by atoms with Crippen LogP contribution in [0.25, 0.3) is 5.78 Å². The molecule has 0 unspecified atom stereocenters. The molecule has 0 aliphatic carbocycles. The summed E-state index contributed by atoms with van der Waals surface area (Å²) >= 11 is 6.04. The molecule has 0 aliphatic rings. The fourth-order valence-corrected chi connectivity index (χ4v) is 1.71. The number of halogens is 1. The van der Waals surface area contributed by atoms with Crippen LogP contribution in [-0.4, -0.2) is 46.6 Å². The molecule has 98 valence electrons. The molecule has 0 aliphatic heterocycles. The third-order valence-corrected chi connectivity index (χ3v) is 2.93. The predicted octanol–water partition coefficient (Wildman–Crippen LogP) is 1.12. The van der Waals surface area contributed by atoms with E-state index in [4.69, 9.17) is 21.1 Å². The summed E-state index contributed by atoms with van der Waals surface area (Å²) in [6.45, 7) is 2.32. The zero-order valence-electron chi connectivity index (χ0n) is 10.3. The van der Waals surface area contributed by atoms with E-state index in [0.717, 1.165) is 11.4 Å². The number of anilines is 1. The van der Waals surface area contributed by atoms with Crippen LogP contribution in [0, 0.1) is 6.92 Å². The molecule has 0 spiro atoms. The molecule has 2 heterocycles. The van der Waals surface area contributed by atoms with Gasteiger partial charge in [0.05, 0.1) is 6.54 Å². The van der Waals surface area contributed by atoms with Gasteiger partial charge in [0.2, 0.25) is 0 Å². The van der Waals surface area contributed by atoms with Gasteiger partial charge in [0, 0.05) is 19.8 Å². The second kappa shape index (κ2) is 5.47. The summed E-state index contributed by atoms with van der Waals surface area (Å²) in [5.74, 6) is 1.17. The maximum Gasteiger partial charge on any atom is 0.255 e. The highest BCUT2D eigenvalue weighted by molar-refractivity contribution is 6.30. The van der Waals surface area contributed by atoms with Gasteiger partial charge in [-0.25, -0.2) is 0 Å². The van der Waals surface area contributed by atoms with Crippen molar-refractivity contribution in [1.82, 2.24) is 19.6 Å². The van der Waals surface area contributed by atoms with Crippen molar-refractivity contribution in [3.63, 3.8) is 0 Å². The van der Waals surface area contributed by atoms with Crippen LogP contribution in [0.1, 0.15) is 5.56 Å². The second-order valence-corrected chi connectivity index (χ2v) is 3.99. The molecule has 1 N–H and O–H groups in total. The molecule has 0 amide bonds. The van der Waals surface area contributed by atoms with Gasteiger partial charge in [0.15, 0.2) is 6.29 Å². The van der Waals surface area contributed by atoms with Crippen molar-refractivity contribution >= 4 is 23.2 Å². The molecule has 0 saturated heterocycles. The van der Waals surface area contributed by atoms with Crippen LogP contribution in [0.5, 0.6) is 0 Å². The van der Waals surface area contributed by atoms with E-state index in [-0.39, 0.29) is 6.29 Å². The lowest BCUT2D eigenvalue weighted by molar-refractivity contribution is -0.0914. The first kappa shape index (κ1) is 13.0. The lowest BCUT2D eigenvalue weighted by Gasteiger charge is -2.16. The molecular weight excluding hydrogens is 258 g/mol. The zero-order chi connectivity index (χ0) is 13.1. The molecule has 18 heavy (non-hydrogen) atoms. The summed E-state index contributed by atoms with van der Waals surface area (Å²) in [6.07, 6.45) is 1.07. The molecular formula is C10H14ClN5O2. The number of methoxy groups -OCH3 is 2.